The third-order valence-electron chi connectivity index (χ3n) is 4.55. The van der Waals surface area contributed by atoms with Crippen molar-refractivity contribution in [1.29, 1.82) is 0 Å². The third-order valence-corrected chi connectivity index (χ3v) is 4.55. The molecule has 0 saturated heterocycles. The molecule has 0 bridgehead atoms. The highest BCUT2D eigenvalue weighted by Crippen LogP contribution is 2.18. The second kappa shape index (κ2) is 9.50. The fourth-order valence-electron chi connectivity index (χ4n) is 2.96. The number of carbonyl (C=O) groups excluding carboxylic acids is 2. The molecule has 0 spiro atoms. The normalized spacial score (nSPS) is 10.3. The average molecular weight is 388 g/mol. The maximum Gasteiger partial charge on any atom is 0.257 e. The van der Waals surface area contributed by atoms with E-state index in [2.05, 4.69) is 34.4 Å². The van der Waals surface area contributed by atoms with E-state index >= 15 is 0 Å². The van der Waals surface area contributed by atoms with Crippen LogP contribution in [-0.2, 0) is 0 Å². The Kier molecular flexibility index (Phi) is 6.58. The van der Waals surface area contributed by atoms with Gasteiger partial charge in [0, 0.05) is 42.5 Å². The van der Waals surface area contributed by atoms with E-state index in [0.717, 1.165) is 18.8 Å². The van der Waals surface area contributed by atoms with E-state index in [4.69, 9.17) is 0 Å². The molecule has 29 heavy (non-hydrogen) atoms. The van der Waals surface area contributed by atoms with Gasteiger partial charge in [-0.05, 0) is 56.3 Å². The van der Waals surface area contributed by atoms with Crippen molar-refractivity contribution in [3.63, 3.8) is 0 Å². The molecule has 6 heteroatoms. The Morgan fingerprint density at radius 3 is 1.83 bits per heavy atom. The Hall–Kier alpha value is -3.67. The van der Waals surface area contributed by atoms with Crippen molar-refractivity contribution in [3.05, 3.63) is 84.2 Å². The lowest BCUT2D eigenvalue weighted by Crippen LogP contribution is -2.21. The number of aromatic nitrogens is 1. The zero-order valence-corrected chi connectivity index (χ0v) is 16.6. The minimum atomic E-state index is -0.318. The van der Waals surface area contributed by atoms with Crippen molar-refractivity contribution in [2.75, 3.05) is 28.6 Å². The van der Waals surface area contributed by atoms with Crippen molar-refractivity contribution < 1.29 is 9.59 Å². The van der Waals surface area contributed by atoms with E-state index in [1.165, 1.54) is 18.5 Å². The number of hydrogen-bond acceptors (Lipinski definition) is 4. The summed E-state index contributed by atoms with van der Waals surface area (Å²) in [6.07, 6.45) is 2.88. The van der Waals surface area contributed by atoms with E-state index in [1.54, 1.807) is 12.1 Å². The monoisotopic (exact) mass is 388 g/mol. The number of para-hydroxylation sites is 1. The first-order valence-corrected chi connectivity index (χ1v) is 9.58. The number of anilines is 3. The number of benzene rings is 2. The van der Waals surface area contributed by atoms with Crippen LogP contribution >= 0.6 is 0 Å². The number of nitrogens with zero attached hydrogens (tertiary/aromatic N) is 2. The predicted molar refractivity (Wildman–Crippen MR) is 117 cm³/mol. The van der Waals surface area contributed by atoms with E-state index in [0.29, 0.717) is 22.5 Å². The summed E-state index contributed by atoms with van der Waals surface area (Å²) in [6, 6.07) is 18.4. The molecule has 0 aliphatic rings. The summed E-state index contributed by atoms with van der Waals surface area (Å²) in [5.41, 5.74) is 3.11. The Labute approximate surface area is 170 Å². The molecular weight excluding hydrogens is 364 g/mol. The molecule has 1 aromatic heterocycles. The van der Waals surface area contributed by atoms with Gasteiger partial charge in [0.05, 0.1) is 11.1 Å². The summed E-state index contributed by atoms with van der Waals surface area (Å²) < 4.78 is 0. The van der Waals surface area contributed by atoms with Gasteiger partial charge in [-0.1, -0.05) is 18.2 Å². The summed E-state index contributed by atoms with van der Waals surface area (Å²) >= 11 is 0. The van der Waals surface area contributed by atoms with Crippen LogP contribution in [0.2, 0.25) is 0 Å². The van der Waals surface area contributed by atoms with Gasteiger partial charge in [-0.3, -0.25) is 14.6 Å². The van der Waals surface area contributed by atoms with Crippen LogP contribution in [0.5, 0.6) is 0 Å². The van der Waals surface area contributed by atoms with Gasteiger partial charge in [0.15, 0.2) is 0 Å². The van der Waals surface area contributed by atoms with Gasteiger partial charge in [0.25, 0.3) is 11.8 Å². The van der Waals surface area contributed by atoms with Crippen LogP contribution in [-0.4, -0.2) is 29.9 Å². The molecule has 0 atom stereocenters. The molecule has 3 rings (SSSR count). The third kappa shape index (κ3) is 5.19. The Morgan fingerprint density at radius 2 is 1.31 bits per heavy atom. The number of amides is 2. The van der Waals surface area contributed by atoms with E-state index < -0.39 is 0 Å². The molecule has 2 N–H and O–H groups in total. The number of rotatable bonds is 7. The lowest BCUT2D eigenvalue weighted by atomic mass is 10.1. The van der Waals surface area contributed by atoms with Gasteiger partial charge in [-0.2, -0.15) is 0 Å². The van der Waals surface area contributed by atoms with Crippen LogP contribution in [0.3, 0.4) is 0 Å². The minimum absolute atomic E-state index is 0.317. The fraction of sp³-hybridized carbons (Fsp3) is 0.174. The summed E-state index contributed by atoms with van der Waals surface area (Å²) in [7, 11) is 0. The minimum Gasteiger partial charge on any atom is -0.372 e. The SMILES string of the molecule is CCN(CC)c1ccc(NC(=O)c2cncc(C(=O)Nc3ccccc3)c2)cc1. The van der Waals surface area contributed by atoms with Gasteiger partial charge in [0.1, 0.15) is 0 Å². The average Bonchev–Trinajstić information content (AvgIpc) is 2.76. The van der Waals surface area contributed by atoms with Gasteiger partial charge >= 0.3 is 0 Å². The number of nitrogens with one attached hydrogen (secondary N) is 2. The summed E-state index contributed by atoms with van der Waals surface area (Å²) in [6.45, 7) is 6.05. The summed E-state index contributed by atoms with van der Waals surface area (Å²) in [5, 5.41) is 5.63. The number of hydrogen-bond donors (Lipinski definition) is 2. The maximum absolute atomic E-state index is 12.6. The quantitative estimate of drug-likeness (QED) is 0.628. The first kappa shape index (κ1) is 20.1. The van der Waals surface area contributed by atoms with Gasteiger partial charge in [-0.25, -0.2) is 0 Å². The summed E-state index contributed by atoms with van der Waals surface area (Å²) in [5.74, 6) is -0.635. The van der Waals surface area contributed by atoms with Gasteiger partial charge < -0.3 is 15.5 Å². The topological polar surface area (TPSA) is 74.3 Å². The van der Waals surface area contributed by atoms with Crippen LogP contribution in [0, 0.1) is 0 Å². The van der Waals surface area contributed by atoms with Crippen LogP contribution in [0.15, 0.2) is 73.1 Å². The molecule has 0 aliphatic heterocycles. The molecule has 0 unspecified atom stereocenters. The molecule has 0 radical (unpaired) electrons. The Morgan fingerprint density at radius 1 is 0.793 bits per heavy atom. The largest absolute Gasteiger partial charge is 0.372 e. The molecule has 2 amide bonds. The van der Waals surface area contributed by atoms with Crippen molar-refractivity contribution in [2.24, 2.45) is 0 Å². The van der Waals surface area contributed by atoms with Crippen LogP contribution in [0.25, 0.3) is 0 Å². The Balaban J connectivity index is 1.68. The van der Waals surface area contributed by atoms with E-state index in [-0.39, 0.29) is 11.8 Å². The number of pyridine rings is 1. The standard InChI is InChI=1S/C23H24N4O2/c1-3-27(4-2)21-12-10-20(11-13-21)26-23(29)18-14-17(15-24-16-18)22(28)25-19-8-6-5-7-9-19/h5-16H,3-4H2,1-2H3,(H,25,28)(H,26,29). The lowest BCUT2D eigenvalue weighted by Gasteiger charge is -2.21. The highest BCUT2D eigenvalue weighted by molar-refractivity contribution is 6.08. The molecule has 2 aromatic carbocycles. The molecule has 148 valence electrons. The zero-order valence-electron chi connectivity index (χ0n) is 16.6. The van der Waals surface area contributed by atoms with Gasteiger partial charge in [-0.15, -0.1) is 0 Å². The highest BCUT2D eigenvalue weighted by Gasteiger charge is 2.12. The Bertz CT molecular complexity index is 968. The maximum atomic E-state index is 12.6. The fourth-order valence-corrected chi connectivity index (χ4v) is 2.96. The van der Waals surface area contributed by atoms with Crippen molar-refractivity contribution >= 4 is 28.9 Å². The molecule has 0 saturated carbocycles. The van der Waals surface area contributed by atoms with Crippen molar-refractivity contribution in [1.82, 2.24) is 4.98 Å². The predicted octanol–water partition coefficient (Wildman–Crippen LogP) is 4.43. The van der Waals surface area contributed by atoms with Crippen molar-refractivity contribution in [3.8, 4) is 0 Å². The summed E-state index contributed by atoms with van der Waals surface area (Å²) in [4.78, 5) is 31.3. The second-order valence-electron chi connectivity index (χ2n) is 6.46. The van der Waals surface area contributed by atoms with Crippen LogP contribution in [0.1, 0.15) is 34.6 Å². The van der Waals surface area contributed by atoms with Crippen LogP contribution < -0.4 is 15.5 Å². The van der Waals surface area contributed by atoms with E-state index in [9.17, 15) is 9.59 Å². The highest BCUT2D eigenvalue weighted by atomic mass is 16.2. The van der Waals surface area contributed by atoms with Crippen molar-refractivity contribution in [2.45, 2.75) is 13.8 Å². The smallest absolute Gasteiger partial charge is 0.257 e. The lowest BCUT2D eigenvalue weighted by molar-refractivity contribution is 0.102. The molecule has 0 aliphatic carbocycles. The van der Waals surface area contributed by atoms with Crippen LogP contribution in [0.4, 0.5) is 17.1 Å². The first-order chi connectivity index (χ1) is 14.1. The molecule has 6 nitrogen and oxygen atoms in total. The molecular formula is C23H24N4O2. The first-order valence-electron chi connectivity index (χ1n) is 9.58. The van der Waals surface area contributed by atoms with E-state index in [1.807, 2.05) is 42.5 Å². The number of carbonyl (C=O) groups is 2. The molecule has 1 heterocycles. The molecule has 0 fully saturated rings. The second-order valence-corrected chi connectivity index (χ2v) is 6.46. The molecule has 3 aromatic rings. The zero-order chi connectivity index (χ0) is 20.6. The van der Waals surface area contributed by atoms with Gasteiger partial charge in [0.2, 0.25) is 0 Å².